The molecule has 1 aliphatic rings. The second kappa shape index (κ2) is 9.96. The lowest BCUT2D eigenvalue weighted by Crippen LogP contribution is -2.46. The van der Waals surface area contributed by atoms with Gasteiger partial charge in [0.15, 0.2) is 15.3 Å². The number of likely N-dealkylation sites (tertiary alicyclic amines) is 1. The van der Waals surface area contributed by atoms with E-state index in [0.29, 0.717) is 4.90 Å². The van der Waals surface area contributed by atoms with Crippen LogP contribution in [-0.4, -0.2) is 35.7 Å². The third kappa shape index (κ3) is 5.45. The van der Waals surface area contributed by atoms with Crippen molar-refractivity contribution in [2.75, 3.05) is 20.2 Å². The van der Waals surface area contributed by atoms with Crippen LogP contribution in [0.1, 0.15) is 24.0 Å². The maximum Gasteiger partial charge on any atom is 0.175 e. The predicted molar refractivity (Wildman–Crippen MR) is 128 cm³/mol. The van der Waals surface area contributed by atoms with Crippen molar-refractivity contribution in [3.63, 3.8) is 0 Å². The van der Waals surface area contributed by atoms with Gasteiger partial charge in [0.05, 0.1) is 13.2 Å². The topological polar surface area (TPSA) is 64.6 Å². The van der Waals surface area contributed by atoms with E-state index in [9.17, 15) is 8.76 Å². The molecule has 1 N–H and O–H groups in total. The van der Waals surface area contributed by atoms with Crippen LogP contribution >= 0.6 is 0 Å². The summed E-state index contributed by atoms with van der Waals surface area (Å²) in [6, 6.07) is 23.6. The van der Waals surface area contributed by atoms with E-state index in [1.165, 1.54) is 5.56 Å². The standard InChI is InChI=1S/C26H30N2O3S/c1-20-10-12-24(13-11-20)32(29,30)27-23-14-16-28(17-15-23)19-21-6-5-7-22(18-21)25-8-3-4-9-26(25)31-2/h3-13,18,23H,14-17,19H2,1-2H3,(H-,27,29,30). The minimum Gasteiger partial charge on any atom is -0.593 e. The van der Waals surface area contributed by atoms with Crippen LogP contribution in [-0.2, 0) is 21.2 Å². The highest BCUT2D eigenvalue weighted by Crippen LogP contribution is 2.30. The van der Waals surface area contributed by atoms with Gasteiger partial charge in [0, 0.05) is 25.2 Å². The van der Waals surface area contributed by atoms with Gasteiger partial charge in [-0.05, 0) is 55.2 Å². The van der Waals surface area contributed by atoms with Crippen molar-refractivity contribution in [1.82, 2.24) is 9.62 Å². The normalized spacial score (nSPS) is 17.1. The van der Waals surface area contributed by atoms with Gasteiger partial charge >= 0.3 is 0 Å². The van der Waals surface area contributed by atoms with Gasteiger partial charge in [0.2, 0.25) is 0 Å². The second-order valence-corrected chi connectivity index (χ2v) is 10.1. The van der Waals surface area contributed by atoms with Crippen LogP contribution in [0.3, 0.4) is 0 Å². The molecule has 5 nitrogen and oxygen atoms in total. The Hall–Kier alpha value is -2.51. The molecule has 0 amide bonds. The molecule has 1 aliphatic heterocycles. The van der Waals surface area contributed by atoms with Crippen LogP contribution in [0.25, 0.3) is 11.1 Å². The largest absolute Gasteiger partial charge is 0.593 e. The van der Waals surface area contributed by atoms with Crippen molar-refractivity contribution < 1.29 is 13.5 Å². The molecule has 1 unspecified atom stereocenters. The Kier molecular flexibility index (Phi) is 7.06. The van der Waals surface area contributed by atoms with Crippen molar-refractivity contribution in [2.45, 2.75) is 37.2 Å². The fourth-order valence-electron chi connectivity index (χ4n) is 4.19. The maximum atomic E-state index is 12.7. The maximum absolute atomic E-state index is 12.7. The molecule has 168 valence electrons. The van der Waals surface area contributed by atoms with E-state index in [-0.39, 0.29) is 6.04 Å². The summed E-state index contributed by atoms with van der Waals surface area (Å²) >= 11 is 0. The second-order valence-electron chi connectivity index (χ2n) is 8.39. The van der Waals surface area contributed by atoms with Crippen molar-refractivity contribution >= 4 is 10.4 Å². The first-order valence-corrected chi connectivity index (χ1v) is 12.5. The molecule has 32 heavy (non-hydrogen) atoms. The van der Waals surface area contributed by atoms with Crippen LogP contribution < -0.4 is 9.46 Å². The van der Waals surface area contributed by atoms with E-state index in [1.807, 2.05) is 37.3 Å². The van der Waals surface area contributed by atoms with Gasteiger partial charge in [-0.2, -0.15) is 0 Å². The third-order valence-electron chi connectivity index (χ3n) is 5.99. The van der Waals surface area contributed by atoms with Crippen LogP contribution in [0.5, 0.6) is 5.75 Å². The third-order valence-corrected chi connectivity index (χ3v) is 7.53. The zero-order valence-corrected chi connectivity index (χ0v) is 19.4. The van der Waals surface area contributed by atoms with E-state index in [1.54, 1.807) is 19.2 Å². The first-order chi connectivity index (χ1) is 15.4. The summed E-state index contributed by atoms with van der Waals surface area (Å²) in [5.41, 5.74) is 4.51. The molecule has 1 fully saturated rings. The lowest BCUT2D eigenvalue weighted by molar-refractivity contribution is 0.198. The lowest BCUT2D eigenvalue weighted by Gasteiger charge is -2.32. The molecule has 0 spiro atoms. The molecular formula is C26H30N2O3S. The van der Waals surface area contributed by atoms with Crippen LogP contribution in [0, 0.1) is 6.92 Å². The lowest BCUT2D eigenvalue weighted by atomic mass is 10.0. The first-order valence-electron chi connectivity index (χ1n) is 11.0. The minimum atomic E-state index is -3.48. The summed E-state index contributed by atoms with van der Waals surface area (Å²) in [5.74, 6) is 0.867. The summed E-state index contributed by atoms with van der Waals surface area (Å²) in [7, 11) is -1.78. The summed E-state index contributed by atoms with van der Waals surface area (Å²) in [4.78, 5) is 2.72. The number of methoxy groups -OCH3 is 1. The Morgan fingerprint density at radius 2 is 1.75 bits per heavy atom. The number of sulfonamides is 1. The molecule has 0 saturated carbocycles. The Labute approximate surface area is 191 Å². The Morgan fingerprint density at radius 1 is 1.03 bits per heavy atom. The quantitative estimate of drug-likeness (QED) is 0.524. The zero-order chi connectivity index (χ0) is 22.6. The van der Waals surface area contributed by atoms with Gasteiger partial charge in [-0.15, -0.1) is 4.72 Å². The summed E-state index contributed by atoms with van der Waals surface area (Å²) in [6.45, 7) is 4.52. The Bertz CT molecular complexity index is 1090. The molecule has 1 heterocycles. The number of rotatable bonds is 7. The SMILES string of the molecule is COc1ccccc1-c1cccc(CN2CCC(N[S+](=O)([O-])c3ccc(C)cc3)CC2)c1. The van der Waals surface area contributed by atoms with Gasteiger partial charge in [-0.3, -0.25) is 4.90 Å². The van der Waals surface area contributed by atoms with Crippen LogP contribution in [0.4, 0.5) is 0 Å². The summed E-state index contributed by atoms with van der Waals surface area (Å²) in [6.07, 6.45) is 1.61. The molecule has 0 radical (unpaired) electrons. The Balaban J connectivity index is 1.35. The summed E-state index contributed by atoms with van der Waals surface area (Å²) in [5, 5.41) is 0. The minimum absolute atomic E-state index is 0.0301. The van der Waals surface area contributed by atoms with Gasteiger partial charge in [0.1, 0.15) is 5.75 Å². The van der Waals surface area contributed by atoms with Gasteiger partial charge in [-0.25, -0.2) is 0 Å². The van der Waals surface area contributed by atoms with E-state index < -0.39 is 10.4 Å². The van der Waals surface area contributed by atoms with Crippen molar-refractivity contribution in [3.05, 3.63) is 83.9 Å². The predicted octanol–water partition coefficient (Wildman–Crippen LogP) is 4.83. The van der Waals surface area contributed by atoms with Gasteiger partial charge in [-0.1, -0.05) is 58.3 Å². The molecule has 0 bridgehead atoms. The zero-order valence-electron chi connectivity index (χ0n) is 18.6. The molecule has 0 aliphatic carbocycles. The molecule has 6 heteroatoms. The van der Waals surface area contributed by atoms with E-state index in [4.69, 9.17) is 4.74 Å². The molecular weight excluding hydrogens is 420 g/mol. The number of hydrogen-bond acceptors (Lipinski definition) is 4. The number of hydrogen-bond donors (Lipinski definition) is 1. The number of nitrogens with one attached hydrogen (secondary N) is 1. The summed E-state index contributed by atoms with van der Waals surface area (Å²) < 4.78 is 33.8. The van der Waals surface area contributed by atoms with Crippen molar-refractivity contribution in [2.24, 2.45) is 0 Å². The average molecular weight is 451 g/mol. The number of benzene rings is 3. The van der Waals surface area contributed by atoms with E-state index in [0.717, 1.165) is 54.9 Å². The number of nitrogens with zero attached hydrogens (tertiary/aromatic N) is 1. The number of aryl methyl sites for hydroxylation is 1. The highest BCUT2D eigenvalue weighted by molar-refractivity contribution is 7.95. The average Bonchev–Trinajstić information content (AvgIpc) is 2.80. The fraction of sp³-hybridized carbons (Fsp3) is 0.308. The van der Waals surface area contributed by atoms with Gasteiger partial charge < -0.3 is 9.29 Å². The van der Waals surface area contributed by atoms with Crippen molar-refractivity contribution in [1.29, 1.82) is 0 Å². The smallest absolute Gasteiger partial charge is 0.175 e. The molecule has 3 aromatic rings. The first kappa shape index (κ1) is 22.7. The van der Waals surface area contributed by atoms with E-state index in [2.05, 4.69) is 40.0 Å². The number of ether oxygens (including phenoxy) is 1. The fourth-order valence-corrected chi connectivity index (χ4v) is 5.50. The van der Waals surface area contributed by atoms with Crippen molar-refractivity contribution in [3.8, 4) is 16.9 Å². The van der Waals surface area contributed by atoms with Gasteiger partial charge in [0.25, 0.3) is 0 Å². The van der Waals surface area contributed by atoms with E-state index >= 15 is 0 Å². The molecule has 1 saturated heterocycles. The monoisotopic (exact) mass is 450 g/mol. The Morgan fingerprint density at radius 3 is 2.47 bits per heavy atom. The molecule has 4 rings (SSSR count). The molecule has 0 aromatic heterocycles. The highest BCUT2D eigenvalue weighted by atomic mass is 32.3. The van der Waals surface area contributed by atoms with Crippen LogP contribution in [0.2, 0.25) is 0 Å². The molecule has 1 atom stereocenters. The highest BCUT2D eigenvalue weighted by Gasteiger charge is 2.28. The number of para-hydroxylation sites is 1. The molecule has 3 aromatic carbocycles. The van der Waals surface area contributed by atoms with Crippen LogP contribution in [0.15, 0.2) is 77.7 Å². The number of piperidine rings is 1.